The van der Waals surface area contributed by atoms with E-state index in [1.807, 2.05) is 18.2 Å². The Hall–Kier alpha value is -1.61. The molecule has 2 aromatic rings. The maximum atomic E-state index is 6.11. The molecule has 3 rings (SSSR count). The van der Waals surface area contributed by atoms with E-state index < -0.39 is 0 Å². The third kappa shape index (κ3) is 3.28. The third-order valence-electron chi connectivity index (χ3n) is 3.30. The smallest absolute Gasteiger partial charge is 0.131 e. The molecule has 0 saturated heterocycles. The van der Waals surface area contributed by atoms with E-state index in [-0.39, 0.29) is 5.60 Å². The lowest BCUT2D eigenvalue weighted by Crippen LogP contribution is -2.23. The fourth-order valence-corrected chi connectivity index (χ4v) is 2.24. The Morgan fingerprint density at radius 2 is 2.00 bits per heavy atom. The van der Waals surface area contributed by atoms with Crippen molar-refractivity contribution < 1.29 is 4.74 Å². The second kappa shape index (κ2) is 5.06. The molecule has 106 valence electrons. The highest BCUT2D eigenvalue weighted by Gasteiger charge is 2.21. The van der Waals surface area contributed by atoms with Gasteiger partial charge in [0.2, 0.25) is 0 Å². The van der Waals surface area contributed by atoms with Crippen molar-refractivity contribution in [3.8, 4) is 5.75 Å². The number of pyridine rings is 1. The maximum Gasteiger partial charge on any atom is 0.131 e. The lowest BCUT2D eigenvalue weighted by Gasteiger charge is -2.23. The van der Waals surface area contributed by atoms with Gasteiger partial charge in [-0.05, 0) is 45.7 Å². The molecule has 1 heterocycles. The Bertz CT molecular complexity index is 612. The highest BCUT2D eigenvalue weighted by molar-refractivity contribution is 5.85. The van der Waals surface area contributed by atoms with E-state index in [1.165, 1.54) is 12.8 Å². The quantitative estimate of drug-likeness (QED) is 0.920. The average Bonchev–Trinajstić information content (AvgIpc) is 3.18. The number of nitrogens with one attached hydrogen (secondary N) is 1. The minimum atomic E-state index is -0.203. The topological polar surface area (TPSA) is 34.1 Å². The van der Waals surface area contributed by atoms with Gasteiger partial charge in [0, 0.05) is 24.0 Å². The molecular weight excluding hydrogens is 248 g/mol. The predicted octanol–water partition coefficient (Wildman–Crippen LogP) is 3.66. The Kier molecular flexibility index (Phi) is 3.38. The fraction of sp³-hybridized carbons (Fsp3) is 0.471. The molecule has 1 aromatic heterocycles. The first-order valence-electron chi connectivity index (χ1n) is 7.32. The van der Waals surface area contributed by atoms with Gasteiger partial charge >= 0.3 is 0 Å². The van der Waals surface area contributed by atoms with Gasteiger partial charge in [-0.2, -0.15) is 0 Å². The Balaban J connectivity index is 1.95. The van der Waals surface area contributed by atoms with Crippen LogP contribution in [-0.4, -0.2) is 16.6 Å². The van der Waals surface area contributed by atoms with Crippen LogP contribution in [0.15, 0.2) is 30.3 Å². The molecule has 1 aliphatic carbocycles. The van der Waals surface area contributed by atoms with Crippen LogP contribution in [0.25, 0.3) is 10.9 Å². The zero-order valence-electron chi connectivity index (χ0n) is 12.4. The van der Waals surface area contributed by atoms with E-state index in [0.29, 0.717) is 6.04 Å². The van der Waals surface area contributed by atoms with Crippen LogP contribution in [0.5, 0.6) is 5.75 Å². The molecule has 0 radical (unpaired) electrons. The summed E-state index contributed by atoms with van der Waals surface area (Å²) < 4.78 is 6.11. The van der Waals surface area contributed by atoms with Crippen molar-refractivity contribution in [1.29, 1.82) is 0 Å². The van der Waals surface area contributed by atoms with Crippen molar-refractivity contribution in [1.82, 2.24) is 10.3 Å². The Morgan fingerprint density at radius 3 is 2.70 bits per heavy atom. The van der Waals surface area contributed by atoms with Crippen LogP contribution in [0.2, 0.25) is 0 Å². The minimum absolute atomic E-state index is 0.203. The number of benzene rings is 1. The van der Waals surface area contributed by atoms with Gasteiger partial charge in [-0.25, -0.2) is 0 Å². The van der Waals surface area contributed by atoms with Crippen LogP contribution < -0.4 is 10.1 Å². The molecule has 0 aliphatic heterocycles. The SMILES string of the molecule is CC(C)(C)Oc1cc(CNC2CC2)nc2ccccc12. The summed E-state index contributed by atoms with van der Waals surface area (Å²) >= 11 is 0. The van der Waals surface area contributed by atoms with E-state index >= 15 is 0 Å². The lowest BCUT2D eigenvalue weighted by molar-refractivity contribution is 0.133. The first-order valence-corrected chi connectivity index (χ1v) is 7.32. The van der Waals surface area contributed by atoms with Crippen LogP contribution in [0.1, 0.15) is 39.3 Å². The van der Waals surface area contributed by atoms with Crippen molar-refractivity contribution in [2.75, 3.05) is 0 Å². The number of ether oxygens (including phenoxy) is 1. The monoisotopic (exact) mass is 270 g/mol. The standard InChI is InChI=1S/C17H22N2O/c1-17(2,3)20-16-10-13(11-18-12-8-9-12)19-15-7-5-4-6-14(15)16/h4-7,10,12,18H,8-9,11H2,1-3H3. The van der Waals surface area contributed by atoms with E-state index in [0.717, 1.165) is 28.9 Å². The molecule has 1 saturated carbocycles. The minimum Gasteiger partial charge on any atom is -0.487 e. The molecule has 1 N–H and O–H groups in total. The summed E-state index contributed by atoms with van der Waals surface area (Å²) in [6.45, 7) is 7.04. The highest BCUT2D eigenvalue weighted by Crippen LogP contribution is 2.29. The van der Waals surface area contributed by atoms with Crippen molar-refractivity contribution in [3.05, 3.63) is 36.0 Å². The number of rotatable bonds is 4. The molecule has 0 amide bonds. The summed E-state index contributed by atoms with van der Waals surface area (Å²) in [7, 11) is 0. The number of hydrogen-bond acceptors (Lipinski definition) is 3. The molecule has 20 heavy (non-hydrogen) atoms. The van der Waals surface area contributed by atoms with E-state index in [1.54, 1.807) is 0 Å². The van der Waals surface area contributed by atoms with Crippen molar-refractivity contribution in [2.24, 2.45) is 0 Å². The normalized spacial score (nSPS) is 15.6. The van der Waals surface area contributed by atoms with Gasteiger partial charge in [-0.3, -0.25) is 4.98 Å². The summed E-state index contributed by atoms with van der Waals surface area (Å²) in [5, 5.41) is 4.59. The van der Waals surface area contributed by atoms with Crippen LogP contribution in [0.3, 0.4) is 0 Å². The van der Waals surface area contributed by atoms with Crippen LogP contribution >= 0.6 is 0 Å². The summed E-state index contributed by atoms with van der Waals surface area (Å²) in [5.41, 5.74) is 1.85. The van der Waals surface area contributed by atoms with E-state index in [2.05, 4.69) is 38.2 Å². The predicted molar refractivity (Wildman–Crippen MR) is 82.0 cm³/mol. The number of fused-ring (bicyclic) bond motifs is 1. The zero-order valence-corrected chi connectivity index (χ0v) is 12.4. The number of nitrogens with zero attached hydrogens (tertiary/aromatic N) is 1. The van der Waals surface area contributed by atoms with Crippen molar-refractivity contribution in [2.45, 2.75) is 51.8 Å². The van der Waals surface area contributed by atoms with Crippen LogP contribution in [0.4, 0.5) is 0 Å². The van der Waals surface area contributed by atoms with Gasteiger partial charge in [0.15, 0.2) is 0 Å². The summed E-state index contributed by atoms with van der Waals surface area (Å²) in [6.07, 6.45) is 2.58. The lowest BCUT2D eigenvalue weighted by atomic mass is 10.1. The van der Waals surface area contributed by atoms with E-state index in [9.17, 15) is 0 Å². The Labute approximate surface area is 120 Å². The van der Waals surface area contributed by atoms with Crippen LogP contribution in [-0.2, 0) is 6.54 Å². The molecule has 1 aliphatic rings. The summed E-state index contributed by atoms with van der Waals surface area (Å²) in [5.74, 6) is 0.927. The average molecular weight is 270 g/mol. The molecule has 1 fully saturated rings. The number of aromatic nitrogens is 1. The van der Waals surface area contributed by atoms with Gasteiger partial charge in [-0.15, -0.1) is 0 Å². The van der Waals surface area contributed by atoms with Gasteiger partial charge < -0.3 is 10.1 Å². The van der Waals surface area contributed by atoms with Gasteiger partial charge in [0.25, 0.3) is 0 Å². The largest absolute Gasteiger partial charge is 0.487 e. The molecule has 0 spiro atoms. The molecule has 3 nitrogen and oxygen atoms in total. The Morgan fingerprint density at radius 1 is 1.25 bits per heavy atom. The van der Waals surface area contributed by atoms with Gasteiger partial charge in [-0.1, -0.05) is 12.1 Å². The van der Waals surface area contributed by atoms with Crippen molar-refractivity contribution in [3.63, 3.8) is 0 Å². The maximum absolute atomic E-state index is 6.11. The van der Waals surface area contributed by atoms with Crippen molar-refractivity contribution >= 4 is 10.9 Å². The fourth-order valence-electron chi connectivity index (χ4n) is 2.24. The second-order valence-corrected chi connectivity index (χ2v) is 6.50. The molecule has 0 atom stereocenters. The number of para-hydroxylation sites is 1. The molecule has 1 aromatic carbocycles. The van der Waals surface area contributed by atoms with Gasteiger partial charge in [0.1, 0.15) is 11.4 Å². The summed E-state index contributed by atoms with van der Waals surface area (Å²) in [6, 6.07) is 10.9. The third-order valence-corrected chi connectivity index (χ3v) is 3.30. The van der Waals surface area contributed by atoms with Gasteiger partial charge in [0.05, 0.1) is 11.2 Å². The first kappa shape index (κ1) is 13.4. The molecule has 0 bridgehead atoms. The summed E-state index contributed by atoms with van der Waals surface area (Å²) in [4.78, 5) is 4.72. The molecular formula is C17H22N2O. The highest BCUT2D eigenvalue weighted by atomic mass is 16.5. The molecule has 0 unspecified atom stereocenters. The first-order chi connectivity index (χ1) is 9.51. The van der Waals surface area contributed by atoms with E-state index in [4.69, 9.17) is 9.72 Å². The number of hydrogen-bond donors (Lipinski definition) is 1. The molecule has 3 heteroatoms. The second-order valence-electron chi connectivity index (χ2n) is 6.50. The zero-order chi connectivity index (χ0) is 14.2. The van der Waals surface area contributed by atoms with Crippen LogP contribution in [0, 0.1) is 0 Å².